The van der Waals surface area contributed by atoms with E-state index in [1.165, 1.54) is 13.0 Å². The Morgan fingerprint density at radius 3 is 2.16 bits per heavy atom. The van der Waals surface area contributed by atoms with E-state index < -0.39 is 24.4 Å². The number of amides is 2. The van der Waals surface area contributed by atoms with Gasteiger partial charge in [-0.3, -0.25) is 9.59 Å². The molecule has 2 N–H and O–H groups in total. The van der Waals surface area contributed by atoms with E-state index in [-0.39, 0.29) is 5.70 Å². The molecule has 0 unspecified atom stereocenters. The minimum absolute atomic E-state index is 0.0359. The van der Waals surface area contributed by atoms with Gasteiger partial charge in [0.1, 0.15) is 5.70 Å². The lowest BCUT2D eigenvalue weighted by Crippen LogP contribution is -2.28. The van der Waals surface area contributed by atoms with Gasteiger partial charge in [0.2, 0.25) is 5.91 Å². The van der Waals surface area contributed by atoms with Gasteiger partial charge in [-0.1, -0.05) is 48.5 Å². The molecule has 0 saturated heterocycles. The van der Waals surface area contributed by atoms with Crippen LogP contribution in [0.3, 0.4) is 0 Å². The van der Waals surface area contributed by atoms with Gasteiger partial charge in [0.25, 0.3) is 5.91 Å². The molecule has 0 bridgehead atoms. The predicted octanol–water partition coefficient (Wildman–Crippen LogP) is 2.35. The maximum atomic E-state index is 12.2. The van der Waals surface area contributed by atoms with Crippen molar-refractivity contribution in [3.8, 4) is 0 Å². The molecule has 0 fully saturated rings. The Morgan fingerprint density at radius 1 is 0.960 bits per heavy atom. The topological polar surface area (TPSA) is 84.5 Å². The average Bonchev–Trinajstić information content (AvgIpc) is 2.60. The number of carbonyl (C=O) groups is 3. The molecule has 2 aromatic rings. The zero-order chi connectivity index (χ0) is 18.1. The molecular weight excluding hydrogens is 320 g/mol. The Bertz CT molecular complexity index is 771. The van der Waals surface area contributed by atoms with Crippen molar-refractivity contribution in [1.82, 2.24) is 5.32 Å². The van der Waals surface area contributed by atoms with E-state index >= 15 is 0 Å². The highest BCUT2D eigenvalue weighted by atomic mass is 16.5. The van der Waals surface area contributed by atoms with Crippen molar-refractivity contribution < 1.29 is 19.1 Å². The van der Waals surface area contributed by atoms with Crippen LogP contribution in [0, 0.1) is 0 Å². The number of ether oxygens (including phenoxy) is 1. The molecular formula is C19H18N2O4. The van der Waals surface area contributed by atoms with Crippen LogP contribution in [-0.4, -0.2) is 24.4 Å². The van der Waals surface area contributed by atoms with Crippen LogP contribution >= 0.6 is 0 Å². The van der Waals surface area contributed by atoms with Crippen LogP contribution < -0.4 is 10.6 Å². The number of hydrogen-bond acceptors (Lipinski definition) is 4. The molecule has 2 rings (SSSR count). The molecule has 6 nitrogen and oxygen atoms in total. The zero-order valence-electron chi connectivity index (χ0n) is 13.7. The first-order chi connectivity index (χ1) is 12.0. The van der Waals surface area contributed by atoms with Crippen LogP contribution in [-0.2, 0) is 19.1 Å². The summed E-state index contributed by atoms with van der Waals surface area (Å²) < 4.78 is 4.98. The summed E-state index contributed by atoms with van der Waals surface area (Å²) in [6, 6.07) is 17.8. The standard InChI is InChI=1S/C19H18N2O4/c1-14(22)20-17(12-15-8-4-2-5-9-15)19(24)25-13-18(23)21-16-10-6-3-7-11-16/h2-12H,13H2,1H3,(H,20,22)(H,21,23). The lowest BCUT2D eigenvalue weighted by molar-refractivity contribution is -0.144. The maximum Gasteiger partial charge on any atom is 0.355 e. The van der Waals surface area contributed by atoms with Gasteiger partial charge in [-0.15, -0.1) is 0 Å². The monoisotopic (exact) mass is 338 g/mol. The van der Waals surface area contributed by atoms with Crippen LogP contribution in [0.15, 0.2) is 66.4 Å². The van der Waals surface area contributed by atoms with Gasteiger partial charge in [-0.05, 0) is 23.8 Å². The fourth-order valence-corrected chi connectivity index (χ4v) is 1.98. The van der Waals surface area contributed by atoms with Gasteiger partial charge in [-0.2, -0.15) is 0 Å². The summed E-state index contributed by atoms with van der Waals surface area (Å²) >= 11 is 0. The second-order valence-electron chi connectivity index (χ2n) is 5.14. The van der Waals surface area contributed by atoms with E-state index in [2.05, 4.69) is 10.6 Å². The van der Waals surface area contributed by atoms with E-state index in [1.807, 2.05) is 12.1 Å². The Kier molecular flexibility index (Phi) is 6.47. The smallest absolute Gasteiger partial charge is 0.355 e. The summed E-state index contributed by atoms with van der Waals surface area (Å²) in [5, 5.41) is 5.02. The summed E-state index contributed by atoms with van der Waals surface area (Å²) in [5.74, 6) is -1.67. The second kappa shape index (κ2) is 9.02. The maximum absolute atomic E-state index is 12.2. The number of benzene rings is 2. The van der Waals surface area contributed by atoms with Crippen molar-refractivity contribution in [2.75, 3.05) is 11.9 Å². The van der Waals surface area contributed by atoms with Crippen LogP contribution in [0.25, 0.3) is 6.08 Å². The summed E-state index contributed by atoms with van der Waals surface area (Å²) in [6.07, 6.45) is 1.48. The molecule has 0 heterocycles. The number of para-hydroxylation sites is 1. The van der Waals surface area contributed by atoms with E-state index in [9.17, 15) is 14.4 Å². The van der Waals surface area contributed by atoms with E-state index in [0.29, 0.717) is 5.69 Å². The zero-order valence-corrected chi connectivity index (χ0v) is 13.7. The predicted molar refractivity (Wildman–Crippen MR) is 94.3 cm³/mol. The van der Waals surface area contributed by atoms with E-state index in [1.54, 1.807) is 48.5 Å². The highest BCUT2D eigenvalue weighted by molar-refractivity contribution is 5.99. The molecule has 2 amide bonds. The number of carbonyl (C=O) groups excluding carboxylic acids is 3. The minimum atomic E-state index is -0.790. The molecule has 0 aliphatic heterocycles. The molecule has 0 radical (unpaired) electrons. The lowest BCUT2D eigenvalue weighted by atomic mass is 10.2. The van der Waals surface area contributed by atoms with Crippen molar-refractivity contribution in [1.29, 1.82) is 0 Å². The first-order valence-electron chi connectivity index (χ1n) is 7.61. The van der Waals surface area contributed by atoms with Gasteiger partial charge >= 0.3 is 5.97 Å². The Hall–Kier alpha value is -3.41. The quantitative estimate of drug-likeness (QED) is 0.625. The lowest BCUT2D eigenvalue weighted by Gasteiger charge is -2.09. The summed E-state index contributed by atoms with van der Waals surface area (Å²) in [4.78, 5) is 35.3. The Morgan fingerprint density at radius 2 is 1.56 bits per heavy atom. The van der Waals surface area contributed by atoms with Crippen LogP contribution in [0.2, 0.25) is 0 Å². The highest BCUT2D eigenvalue weighted by Crippen LogP contribution is 2.07. The largest absolute Gasteiger partial charge is 0.451 e. The van der Waals surface area contributed by atoms with Gasteiger partial charge in [0.05, 0.1) is 0 Å². The minimum Gasteiger partial charge on any atom is -0.451 e. The van der Waals surface area contributed by atoms with Crippen molar-refractivity contribution in [2.24, 2.45) is 0 Å². The number of anilines is 1. The molecule has 128 valence electrons. The van der Waals surface area contributed by atoms with Crippen LogP contribution in [0.4, 0.5) is 5.69 Å². The van der Waals surface area contributed by atoms with Gasteiger partial charge in [0.15, 0.2) is 6.61 Å². The van der Waals surface area contributed by atoms with Crippen LogP contribution in [0.1, 0.15) is 12.5 Å². The van der Waals surface area contributed by atoms with E-state index in [4.69, 9.17) is 4.74 Å². The second-order valence-corrected chi connectivity index (χ2v) is 5.14. The molecule has 25 heavy (non-hydrogen) atoms. The first kappa shape index (κ1) is 17.9. The third kappa shape index (κ3) is 6.31. The number of nitrogens with one attached hydrogen (secondary N) is 2. The third-order valence-corrected chi connectivity index (χ3v) is 3.03. The third-order valence-electron chi connectivity index (χ3n) is 3.03. The van der Waals surface area contributed by atoms with Crippen LogP contribution in [0.5, 0.6) is 0 Å². The number of esters is 1. The normalized spacial score (nSPS) is 10.7. The molecule has 0 aromatic heterocycles. The molecule has 0 spiro atoms. The summed E-state index contributed by atoms with van der Waals surface area (Å²) in [5.41, 5.74) is 1.29. The molecule has 0 saturated carbocycles. The van der Waals surface area contributed by atoms with Crippen molar-refractivity contribution in [3.05, 3.63) is 71.9 Å². The molecule has 0 atom stereocenters. The Balaban J connectivity index is 1.98. The van der Waals surface area contributed by atoms with E-state index in [0.717, 1.165) is 5.56 Å². The van der Waals surface area contributed by atoms with Gasteiger partial charge < -0.3 is 15.4 Å². The SMILES string of the molecule is CC(=O)NC(=Cc1ccccc1)C(=O)OCC(=O)Nc1ccccc1. The van der Waals surface area contributed by atoms with Crippen molar-refractivity contribution in [3.63, 3.8) is 0 Å². The van der Waals surface area contributed by atoms with Gasteiger partial charge in [-0.25, -0.2) is 4.79 Å². The fraction of sp³-hybridized carbons (Fsp3) is 0.105. The number of rotatable bonds is 6. The average molecular weight is 338 g/mol. The summed E-state index contributed by atoms with van der Waals surface area (Å²) in [7, 11) is 0. The Labute approximate surface area is 145 Å². The first-order valence-corrected chi connectivity index (χ1v) is 7.61. The summed E-state index contributed by atoms with van der Waals surface area (Å²) in [6.45, 7) is 0.827. The van der Waals surface area contributed by atoms with Gasteiger partial charge in [0, 0.05) is 12.6 Å². The molecule has 6 heteroatoms. The highest BCUT2D eigenvalue weighted by Gasteiger charge is 2.15. The molecule has 0 aliphatic carbocycles. The van der Waals surface area contributed by atoms with Crippen molar-refractivity contribution >= 4 is 29.5 Å². The molecule has 0 aliphatic rings. The fourth-order valence-electron chi connectivity index (χ4n) is 1.98. The van der Waals surface area contributed by atoms with Crippen molar-refractivity contribution in [2.45, 2.75) is 6.92 Å². The number of hydrogen-bond donors (Lipinski definition) is 2. The molecule has 2 aromatic carbocycles.